The molecule has 140 valence electrons. The van der Waals surface area contributed by atoms with Crippen LogP contribution in [0.4, 0.5) is 0 Å². The topological polar surface area (TPSA) is 75.4 Å². The molecule has 0 spiro atoms. The van der Waals surface area contributed by atoms with Gasteiger partial charge in [-0.25, -0.2) is 0 Å². The van der Waals surface area contributed by atoms with Gasteiger partial charge in [-0.05, 0) is 45.4 Å². The largest absolute Gasteiger partial charge is 0.353 e. The third-order valence-electron chi connectivity index (χ3n) is 5.40. The number of amides is 2. The number of nitrogens with one attached hydrogen (secondary N) is 1. The molecule has 0 aromatic carbocycles. The number of nitrogens with zero attached hydrogens (tertiary/aromatic N) is 1. The number of carbonyl (C=O) groups is 2. The Morgan fingerprint density at radius 3 is 2.42 bits per heavy atom. The van der Waals surface area contributed by atoms with Gasteiger partial charge in [0.2, 0.25) is 11.8 Å². The summed E-state index contributed by atoms with van der Waals surface area (Å²) in [5.74, 6) is 0.836. The Bertz CT molecular complexity index is 411. The van der Waals surface area contributed by atoms with Gasteiger partial charge in [0.25, 0.3) is 0 Å². The first-order valence-electron chi connectivity index (χ1n) is 9.31. The second-order valence-corrected chi connectivity index (χ2v) is 7.55. The molecule has 5 nitrogen and oxygen atoms in total. The van der Waals surface area contributed by atoms with Crippen molar-refractivity contribution in [2.24, 2.45) is 17.6 Å². The molecule has 6 heteroatoms. The number of rotatable bonds is 5. The maximum absolute atomic E-state index is 12.5. The van der Waals surface area contributed by atoms with Crippen molar-refractivity contribution in [3.63, 3.8) is 0 Å². The molecule has 3 N–H and O–H groups in total. The zero-order valence-electron chi connectivity index (χ0n) is 15.1. The zero-order valence-corrected chi connectivity index (χ0v) is 15.9. The molecule has 0 aromatic heterocycles. The van der Waals surface area contributed by atoms with Crippen LogP contribution < -0.4 is 11.1 Å². The third-order valence-corrected chi connectivity index (χ3v) is 5.40. The summed E-state index contributed by atoms with van der Waals surface area (Å²) in [6.07, 6.45) is 8.06. The average molecular weight is 360 g/mol. The number of hydrogen-bond acceptors (Lipinski definition) is 3. The molecule has 0 aromatic rings. The number of carbonyl (C=O) groups excluding carboxylic acids is 2. The van der Waals surface area contributed by atoms with Crippen LogP contribution in [-0.2, 0) is 9.59 Å². The van der Waals surface area contributed by atoms with Crippen LogP contribution in [0.5, 0.6) is 0 Å². The molecule has 0 bridgehead atoms. The molecule has 3 atom stereocenters. The van der Waals surface area contributed by atoms with Crippen LogP contribution in [0.25, 0.3) is 0 Å². The zero-order chi connectivity index (χ0) is 16.8. The second-order valence-electron chi connectivity index (χ2n) is 7.55. The standard InChI is InChI=1S/C18H33N3O2.ClH/c1-13(20-18(23)15-7-4-3-5-8-15)11-17(22)21-10-6-9-16(12-21)14(2)19;/h13-16H,3-12,19H2,1-2H3,(H,20,23);1H. The Kier molecular flexibility index (Phi) is 9.06. The van der Waals surface area contributed by atoms with Crippen molar-refractivity contribution in [1.82, 2.24) is 10.2 Å². The van der Waals surface area contributed by atoms with Crippen molar-refractivity contribution in [2.45, 2.75) is 77.3 Å². The first-order valence-corrected chi connectivity index (χ1v) is 9.31. The van der Waals surface area contributed by atoms with Crippen LogP contribution in [0.2, 0.25) is 0 Å². The highest BCUT2D eigenvalue weighted by Gasteiger charge is 2.27. The summed E-state index contributed by atoms with van der Waals surface area (Å²) in [6.45, 7) is 5.54. The van der Waals surface area contributed by atoms with Crippen LogP contribution in [0.3, 0.4) is 0 Å². The van der Waals surface area contributed by atoms with Crippen molar-refractivity contribution in [2.75, 3.05) is 13.1 Å². The Morgan fingerprint density at radius 2 is 1.79 bits per heavy atom. The lowest BCUT2D eigenvalue weighted by molar-refractivity contribution is -0.134. The van der Waals surface area contributed by atoms with Gasteiger partial charge >= 0.3 is 0 Å². The second kappa shape index (κ2) is 10.2. The fourth-order valence-corrected chi connectivity index (χ4v) is 3.83. The van der Waals surface area contributed by atoms with Crippen LogP contribution in [0, 0.1) is 11.8 Å². The molecule has 1 saturated carbocycles. The molecule has 24 heavy (non-hydrogen) atoms. The average Bonchev–Trinajstić information content (AvgIpc) is 2.55. The van der Waals surface area contributed by atoms with Gasteiger partial charge in [-0.1, -0.05) is 19.3 Å². The van der Waals surface area contributed by atoms with Crippen molar-refractivity contribution < 1.29 is 9.59 Å². The number of piperidine rings is 1. The highest BCUT2D eigenvalue weighted by atomic mass is 35.5. The van der Waals surface area contributed by atoms with Crippen LogP contribution in [0.15, 0.2) is 0 Å². The first kappa shape index (κ1) is 21.2. The summed E-state index contributed by atoms with van der Waals surface area (Å²) in [6, 6.07) is 0.0432. The number of hydrogen-bond donors (Lipinski definition) is 2. The van der Waals surface area contributed by atoms with Crippen molar-refractivity contribution in [1.29, 1.82) is 0 Å². The fourth-order valence-electron chi connectivity index (χ4n) is 3.83. The molecule has 1 heterocycles. The van der Waals surface area contributed by atoms with E-state index in [1.807, 2.05) is 18.7 Å². The lowest BCUT2D eigenvalue weighted by Crippen LogP contribution is -2.47. The van der Waals surface area contributed by atoms with E-state index in [4.69, 9.17) is 5.73 Å². The van der Waals surface area contributed by atoms with Crippen molar-refractivity contribution in [3.8, 4) is 0 Å². The normalized spacial score (nSPS) is 24.6. The summed E-state index contributed by atoms with van der Waals surface area (Å²) >= 11 is 0. The van der Waals surface area contributed by atoms with Gasteiger partial charge < -0.3 is 16.0 Å². The maximum Gasteiger partial charge on any atom is 0.224 e. The van der Waals surface area contributed by atoms with E-state index in [9.17, 15) is 9.59 Å². The van der Waals surface area contributed by atoms with Crippen LogP contribution in [-0.4, -0.2) is 41.9 Å². The number of nitrogens with two attached hydrogens (primary N) is 1. The van der Waals surface area contributed by atoms with Gasteiger partial charge in [-0.2, -0.15) is 0 Å². The van der Waals surface area contributed by atoms with Crippen LogP contribution in [0.1, 0.15) is 65.2 Å². The summed E-state index contributed by atoms with van der Waals surface area (Å²) in [7, 11) is 0. The highest BCUT2D eigenvalue weighted by Crippen LogP contribution is 2.24. The van der Waals surface area contributed by atoms with Gasteiger partial charge in [0.1, 0.15) is 0 Å². The lowest BCUT2D eigenvalue weighted by Gasteiger charge is -2.35. The third kappa shape index (κ3) is 6.25. The lowest BCUT2D eigenvalue weighted by atomic mass is 9.88. The van der Waals surface area contributed by atoms with Gasteiger partial charge in [0.15, 0.2) is 0 Å². The predicted octanol–water partition coefficient (Wildman–Crippen LogP) is 2.47. The molecule has 1 aliphatic heterocycles. The molecule has 2 rings (SSSR count). The summed E-state index contributed by atoms with van der Waals surface area (Å²) in [4.78, 5) is 26.7. The molecule has 1 saturated heterocycles. The van der Waals surface area contributed by atoms with E-state index >= 15 is 0 Å². The Labute approximate surface area is 152 Å². The van der Waals surface area contributed by atoms with E-state index in [0.717, 1.165) is 51.6 Å². The summed E-state index contributed by atoms with van der Waals surface area (Å²) in [5, 5.41) is 3.04. The van der Waals surface area contributed by atoms with Gasteiger partial charge in [0, 0.05) is 37.5 Å². The van der Waals surface area contributed by atoms with E-state index in [1.165, 1.54) is 6.42 Å². The Hall–Kier alpha value is -0.810. The Morgan fingerprint density at radius 1 is 1.12 bits per heavy atom. The van der Waals surface area contributed by atoms with E-state index in [-0.39, 0.29) is 42.2 Å². The molecular formula is C18H34ClN3O2. The molecule has 3 unspecified atom stereocenters. The SMILES string of the molecule is CC(CC(=O)N1CCCC(C(C)N)C1)NC(=O)C1CCCCC1.Cl. The maximum atomic E-state index is 12.5. The smallest absolute Gasteiger partial charge is 0.224 e. The van der Waals surface area contributed by atoms with Crippen molar-refractivity contribution >= 4 is 24.2 Å². The molecule has 0 radical (unpaired) electrons. The number of likely N-dealkylation sites (tertiary alicyclic amines) is 1. The fraction of sp³-hybridized carbons (Fsp3) is 0.889. The predicted molar refractivity (Wildman–Crippen MR) is 99.0 cm³/mol. The monoisotopic (exact) mass is 359 g/mol. The van der Waals surface area contributed by atoms with Crippen LogP contribution >= 0.6 is 12.4 Å². The van der Waals surface area contributed by atoms with Gasteiger partial charge in [-0.15, -0.1) is 12.4 Å². The van der Waals surface area contributed by atoms with Crippen molar-refractivity contribution in [3.05, 3.63) is 0 Å². The molecule has 2 fully saturated rings. The minimum absolute atomic E-state index is 0. The Balaban J connectivity index is 0.00000288. The summed E-state index contributed by atoms with van der Waals surface area (Å²) in [5.41, 5.74) is 5.98. The molecule has 2 amide bonds. The quantitative estimate of drug-likeness (QED) is 0.791. The van der Waals surface area contributed by atoms with Gasteiger partial charge in [0.05, 0.1) is 0 Å². The minimum Gasteiger partial charge on any atom is -0.353 e. The van der Waals surface area contributed by atoms with E-state index in [2.05, 4.69) is 5.32 Å². The number of halogens is 1. The summed E-state index contributed by atoms with van der Waals surface area (Å²) < 4.78 is 0. The molecule has 2 aliphatic rings. The molecular weight excluding hydrogens is 326 g/mol. The van der Waals surface area contributed by atoms with E-state index < -0.39 is 0 Å². The van der Waals surface area contributed by atoms with E-state index in [0.29, 0.717) is 12.3 Å². The highest BCUT2D eigenvalue weighted by molar-refractivity contribution is 5.85. The first-order chi connectivity index (χ1) is 11.0. The minimum atomic E-state index is -0.0902. The van der Waals surface area contributed by atoms with E-state index in [1.54, 1.807) is 0 Å². The van der Waals surface area contributed by atoms with Gasteiger partial charge in [-0.3, -0.25) is 9.59 Å². The molecule has 1 aliphatic carbocycles.